The summed E-state index contributed by atoms with van der Waals surface area (Å²) >= 11 is 0. The van der Waals surface area contributed by atoms with Crippen molar-refractivity contribution >= 4 is 5.91 Å². The van der Waals surface area contributed by atoms with Crippen LogP contribution in [0.2, 0.25) is 0 Å². The predicted octanol–water partition coefficient (Wildman–Crippen LogP) is 3.00. The van der Waals surface area contributed by atoms with E-state index in [1.165, 1.54) is 11.1 Å². The molecular weight excluding hydrogens is 318 g/mol. The van der Waals surface area contributed by atoms with Crippen molar-refractivity contribution in [1.82, 2.24) is 5.32 Å². The molecule has 0 bridgehead atoms. The summed E-state index contributed by atoms with van der Waals surface area (Å²) in [6, 6.07) is 11.4. The van der Waals surface area contributed by atoms with Crippen molar-refractivity contribution in [3.8, 4) is 17.2 Å². The van der Waals surface area contributed by atoms with E-state index in [2.05, 4.69) is 17.4 Å². The lowest BCUT2D eigenvalue weighted by molar-refractivity contribution is 0.0939. The van der Waals surface area contributed by atoms with E-state index in [0.29, 0.717) is 17.1 Å². The summed E-state index contributed by atoms with van der Waals surface area (Å²) in [5.41, 5.74) is 2.99. The molecule has 0 spiro atoms. The van der Waals surface area contributed by atoms with Gasteiger partial charge in [-0.3, -0.25) is 4.79 Å². The molecule has 5 heteroatoms. The Labute approximate surface area is 147 Å². The van der Waals surface area contributed by atoms with Crippen molar-refractivity contribution in [2.45, 2.75) is 25.8 Å². The second-order valence-electron chi connectivity index (χ2n) is 6.19. The number of hydrogen-bond acceptors (Lipinski definition) is 4. The van der Waals surface area contributed by atoms with Crippen molar-refractivity contribution in [2.24, 2.45) is 0 Å². The SMILES string of the molecule is COc1ccc(C(=O)NC(C)Cc2ccc3c(c2)CCO3)cc1OC. The van der Waals surface area contributed by atoms with Crippen molar-refractivity contribution < 1.29 is 19.0 Å². The number of nitrogens with one attached hydrogen (secondary N) is 1. The van der Waals surface area contributed by atoms with Gasteiger partial charge in [-0.2, -0.15) is 0 Å². The monoisotopic (exact) mass is 341 g/mol. The van der Waals surface area contributed by atoms with Gasteiger partial charge in [0.25, 0.3) is 5.91 Å². The van der Waals surface area contributed by atoms with Gasteiger partial charge in [-0.25, -0.2) is 0 Å². The molecule has 1 amide bonds. The number of fused-ring (bicyclic) bond motifs is 1. The van der Waals surface area contributed by atoms with Crippen LogP contribution in [0.3, 0.4) is 0 Å². The Balaban J connectivity index is 1.64. The molecule has 3 rings (SSSR count). The van der Waals surface area contributed by atoms with Gasteiger partial charge in [0.05, 0.1) is 20.8 Å². The first-order valence-electron chi connectivity index (χ1n) is 8.38. The Bertz CT molecular complexity index is 772. The number of carbonyl (C=O) groups is 1. The summed E-state index contributed by atoms with van der Waals surface area (Å²) in [6.07, 6.45) is 1.72. The molecule has 0 aromatic heterocycles. The zero-order valence-corrected chi connectivity index (χ0v) is 14.8. The smallest absolute Gasteiger partial charge is 0.251 e. The van der Waals surface area contributed by atoms with Gasteiger partial charge in [0, 0.05) is 18.0 Å². The molecule has 0 radical (unpaired) electrons. The molecule has 5 nitrogen and oxygen atoms in total. The Morgan fingerprint density at radius 3 is 2.72 bits per heavy atom. The van der Waals surface area contributed by atoms with Crippen LogP contribution < -0.4 is 19.5 Å². The van der Waals surface area contributed by atoms with Crippen molar-refractivity contribution in [2.75, 3.05) is 20.8 Å². The third-order valence-electron chi connectivity index (χ3n) is 4.32. The van der Waals surface area contributed by atoms with Crippen LogP contribution in [0.4, 0.5) is 0 Å². The normalized spacial score (nSPS) is 13.6. The first-order chi connectivity index (χ1) is 12.1. The molecule has 1 aliphatic heterocycles. The second kappa shape index (κ2) is 7.47. The average molecular weight is 341 g/mol. The second-order valence-corrected chi connectivity index (χ2v) is 6.19. The Hall–Kier alpha value is -2.69. The lowest BCUT2D eigenvalue weighted by Crippen LogP contribution is -2.34. The summed E-state index contributed by atoms with van der Waals surface area (Å²) in [5, 5.41) is 3.03. The van der Waals surface area contributed by atoms with E-state index in [0.717, 1.165) is 25.2 Å². The van der Waals surface area contributed by atoms with Crippen LogP contribution in [0.1, 0.15) is 28.4 Å². The van der Waals surface area contributed by atoms with Crippen LogP contribution in [-0.2, 0) is 12.8 Å². The third kappa shape index (κ3) is 3.87. The van der Waals surface area contributed by atoms with Gasteiger partial charge in [-0.15, -0.1) is 0 Å². The number of amides is 1. The molecule has 0 fully saturated rings. The molecule has 1 heterocycles. The van der Waals surface area contributed by atoms with Gasteiger partial charge in [0.15, 0.2) is 11.5 Å². The highest BCUT2D eigenvalue weighted by atomic mass is 16.5. The highest BCUT2D eigenvalue weighted by Gasteiger charge is 2.16. The van der Waals surface area contributed by atoms with E-state index in [1.54, 1.807) is 32.4 Å². The van der Waals surface area contributed by atoms with E-state index in [-0.39, 0.29) is 11.9 Å². The first-order valence-corrected chi connectivity index (χ1v) is 8.38. The van der Waals surface area contributed by atoms with Gasteiger partial charge >= 0.3 is 0 Å². The minimum atomic E-state index is -0.127. The highest BCUT2D eigenvalue weighted by molar-refractivity contribution is 5.95. The molecule has 1 N–H and O–H groups in total. The first kappa shape index (κ1) is 17.1. The molecule has 1 unspecified atom stereocenters. The summed E-state index contributed by atoms with van der Waals surface area (Å²) in [5.74, 6) is 2.00. The van der Waals surface area contributed by atoms with E-state index < -0.39 is 0 Å². The summed E-state index contributed by atoms with van der Waals surface area (Å²) in [4.78, 5) is 12.5. The number of ether oxygens (including phenoxy) is 3. The lowest BCUT2D eigenvalue weighted by atomic mass is 10.0. The number of rotatable bonds is 6. The molecule has 1 aliphatic rings. The fourth-order valence-electron chi connectivity index (χ4n) is 3.06. The maximum Gasteiger partial charge on any atom is 0.251 e. The number of methoxy groups -OCH3 is 2. The number of benzene rings is 2. The Morgan fingerprint density at radius 2 is 1.96 bits per heavy atom. The minimum absolute atomic E-state index is 0.0148. The van der Waals surface area contributed by atoms with E-state index in [9.17, 15) is 4.79 Å². The zero-order chi connectivity index (χ0) is 17.8. The van der Waals surface area contributed by atoms with E-state index in [4.69, 9.17) is 14.2 Å². The molecule has 132 valence electrons. The van der Waals surface area contributed by atoms with Gasteiger partial charge < -0.3 is 19.5 Å². The highest BCUT2D eigenvalue weighted by Crippen LogP contribution is 2.28. The average Bonchev–Trinajstić information content (AvgIpc) is 3.08. The van der Waals surface area contributed by atoms with Crippen LogP contribution in [0.5, 0.6) is 17.2 Å². The third-order valence-corrected chi connectivity index (χ3v) is 4.32. The number of carbonyl (C=O) groups excluding carboxylic acids is 1. The summed E-state index contributed by atoms with van der Waals surface area (Å²) in [6.45, 7) is 2.76. The van der Waals surface area contributed by atoms with Crippen molar-refractivity contribution in [1.29, 1.82) is 0 Å². The maximum absolute atomic E-state index is 12.5. The van der Waals surface area contributed by atoms with Crippen LogP contribution in [-0.4, -0.2) is 32.8 Å². The molecule has 2 aromatic rings. The molecular formula is C20H23NO4. The lowest BCUT2D eigenvalue weighted by Gasteiger charge is -2.15. The maximum atomic E-state index is 12.5. The molecule has 2 aromatic carbocycles. The Kier molecular flexibility index (Phi) is 5.12. The fourth-order valence-corrected chi connectivity index (χ4v) is 3.06. The minimum Gasteiger partial charge on any atom is -0.493 e. The topological polar surface area (TPSA) is 56.8 Å². The van der Waals surface area contributed by atoms with Crippen LogP contribution in [0, 0.1) is 0 Å². The van der Waals surface area contributed by atoms with Crippen molar-refractivity contribution in [3.05, 3.63) is 53.1 Å². The van der Waals surface area contributed by atoms with E-state index >= 15 is 0 Å². The largest absolute Gasteiger partial charge is 0.493 e. The number of hydrogen-bond donors (Lipinski definition) is 1. The molecule has 25 heavy (non-hydrogen) atoms. The molecule has 0 saturated carbocycles. The summed E-state index contributed by atoms with van der Waals surface area (Å²) < 4.78 is 16.0. The predicted molar refractivity (Wildman–Crippen MR) is 95.8 cm³/mol. The van der Waals surface area contributed by atoms with Crippen molar-refractivity contribution in [3.63, 3.8) is 0 Å². The molecule has 0 aliphatic carbocycles. The zero-order valence-electron chi connectivity index (χ0n) is 14.8. The fraction of sp³-hybridized carbons (Fsp3) is 0.350. The van der Waals surface area contributed by atoms with Gasteiger partial charge in [0.2, 0.25) is 0 Å². The van der Waals surface area contributed by atoms with Crippen LogP contribution in [0.25, 0.3) is 0 Å². The van der Waals surface area contributed by atoms with Gasteiger partial charge in [0.1, 0.15) is 5.75 Å². The quantitative estimate of drug-likeness (QED) is 0.877. The Morgan fingerprint density at radius 1 is 1.16 bits per heavy atom. The van der Waals surface area contributed by atoms with E-state index in [1.807, 2.05) is 13.0 Å². The van der Waals surface area contributed by atoms with Crippen LogP contribution in [0.15, 0.2) is 36.4 Å². The van der Waals surface area contributed by atoms with Crippen LogP contribution >= 0.6 is 0 Å². The standard InChI is InChI=1S/C20H23NO4/c1-13(10-14-4-6-17-15(11-14)8-9-25-17)21-20(22)16-5-7-18(23-2)19(12-16)24-3/h4-7,11-13H,8-10H2,1-3H3,(H,21,22). The van der Waals surface area contributed by atoms with Gasteiger partial charge in [-0.05, 0) is 48.7 Å². The molecule has 0 saturated heterocycles. The van der Waals surface area contributed by atoms with Gasteiger partial charge in [-0.1, -0.05) is 12.1 Å². The summed E-state index contributed by atoms with van der Waals surface area (Å²) in [7, 11) is 3.13. The molecule has 1 atom stereocenters.